The van der Waals surface area contributed by atoms with Crippen molar-refractivity contribution in [2.75, 3.05) is 32.5 Å². The molecule has 1 unspecified atom stereocenters. The summed E-state index contributed by atoms with van der Waals surface area (Å²) in [6, 6.07) is 8.85. The van der Waals surface area contributed by atoms with Crippen molar-refractivity contribution < 1.29 is 17.9 Å². The third-order valence-electron chi connectivity index (χ3n) is 3.58. The van der Waals surface area contributed by atoms with Crippen molar-refractivity contribution in [1.82, 2.24) is 9.62 Å². The third kappa shape index (κ3) is 5.08. The second-order valence-corrected chi connectivity index (χ2v) is 7.36. The van der Waals surface area contributed by atoms with E-state index in [9.17, 15) is 13.2 Å². The molecule has 1 heterocycles. The lowest BCUT2D eigenvalue weighted by Crippen LogP contribution is -2.41. The average Bonchev–Trinajstić information content (AvgIpc) is 2.99. The van der Waals surface area contributed by atoms with Gasteiger partial charge >= 0.3 is 0 Å². The Morgan fingerprint density at radius 3 is 2.68 bits per heavy atom. The summed E-state index contributed by atoms with van der Waals surface area (Å²) < 4.78 is 30.5. The largest absolute Gasteiger partial charge is 0.377 e. The molecule has 0 saturated carbocycles. The maximum absolute atomic E-state index is 11.9. The van der Waals surface area contributed by atoms with Crippen molar-refractivity contribution in [3.63, 3.8) is 0 Å². The first-order valence-corrected chi connectivity index (χ1v) is 9.21. The summed E-state index contributed by atoms with van der Waals surface area (Å²) in [7, 11) is -3.31. The zero-order chi connectivity index (χ0) is 16.0. The molecule has 22 heavy (non-hydrogen) atoms. The maximum Gasteiger partial charge on any atom is 0.251 e. The van der Waals surface area contributed by atoms with Crippen LogP contribution >= 0.6 is 0 Å². The number of hydrogen-bond acceptors (Lipinski definition) is 4. The number of sulfonamides is 1. The number of ether oxygens (including phenoxy) is 1. The fourth-order valence-corrected chi connectivity index (χ4v) is 3.25. The second kappa shape index (κ2) is 7.71. The molecule has 0 radical (unpaired) electrons. The van der Waals surface area contributed by atoms with Crippen LogP contribution in [0.5, 0.6) is 0 Å². The van der Waals surface area contributed by atoms with Crippen LogP contribution in [0.3, 0.4) is 0 Å². The van der Waals surface area contributed by atoms with Gasteiger partial charge in [-0.3, -0.25) is 4.79 Å². The lowest BCUT2D eigenvalue weighted by Gasteiger charge is -2.23. The highest BCUT2D eigenvalue weighted by Gasteiger charge is 2.24. The van der Waals surface area contributed by atoms with E-state index in [0.717, 1.165) is 12.8 Å². The van der Waals surface area contributed by atoms with Crippen molar-refractivity contribution >= 4 is 15.9 Å². The Bertz CT molecular complexity index is 583. The molecule has 0 bridgehead atoms. The first kappa shape index (κ1) is 16.9. The predicted molar refractivity (Wildman–Crippen MR) is 84.2 cm³/mol. The zero-order valence-corrected chi connectivity index (χ0v) is 13.5. The van der Waals surface area contributed by atoms with Crippen LogP contribution in [0.15, 0.2) is 30.3 Å². The Morgan fingerprint density at radius 2 is 2.09 bits per heavy atom. The molecule has 1 N–H and O–H groups in total. The third-order valence-corrected chi connectivity index (χ3v) is 4.85. The topological polar surface area (TPSA) is 75.7 Å². The van der Waals surface area contributed by atoms with E-state index in [0.29, 0.717) is 18.7 Å². The number of hydrogen-bond donors (Lipinski definition) is 1. The Labute approximate surface area is 131 Å². The van der Waals surface area contributed by atoms with Gasteiger partial charge in [0.1, 0.15) is 0 Å². The van der Waals surface area contributed by atoms with E-state index < -0.39 is 10.0 Å². The highest BCUT2D eigenvalue weighted by Crippen LogP contribution is 2.14. The molecule has 2 rings (SSSR count). The Kier molecular flexibility index (Phi) is 5.93. The fraction of sp³-hybridized carbons (Fsp3) is 0.533. The number of benzene rings is 1. The van der Waals surface area contributed by atoms with Gasteiger partial charge in [-0.1, -0.05) is 18.2 Å². The number of carbonyl (C=O) groups is 1. The van der Waals surface area contributed by atoms with Gasteiger partial charge in [-0.2, -0.15) is 4.31 Å². The molecule has 1 aromatic rings. The van der Waals surface area contributed by atoms with Crippen molar-refractivity contribution in [3.8, 4) is 0 Å². The van der Waals surface area contributed by atoms with Crippen LogP contribution < -0.4 is 5.32 Å². The van der Waals surface area contributed by atoms with E-state index in [1.165, 1.54) is 10.6 Å². The van der Waals surface area contributed by atoms with Crippen molar-refractivity contribution in [2.24, 2.45) is 0 Å². The second-order valence-electron chi connectivity index (χ2n) is 5.38. The van der Waals surface area contributed by atoms with E-state index in [2.05, 4.69) is 5.32 Å². The average molecular weight is 326 g/mol. The number of nitrogens with zero attached hydrogens (tertiary/aromatic N) is 1. The molecule has 6 nitrogen and oxygen atoms in total. The Morgan fingerprint density at radius 1 is 1.36 bits per heavy atom. The number of amides is 1. The zero-order valence-electron chi connectivity index (χ0n) is 12.7. The lowest BCUT2D eigenvalue weighted by atomic mass is 10.2. The lowest BCUT2D eigenvalue weighted by molar-refractivity contribution is 0.0911. The molecule has 1 aromatic carbocycles. The predicted octanol–water partition coefficient (Wildman–Crippen LogP) is 0.857. The summed E-state index contributed by atoms with van der Waals surface area (Å²) in [5.74, 6) is -0.203. The molecule has 7 heteroatoms. The Balaban J connectivity index is 1.84. The first-order valence-electron chi connectivity index (χ1n) is 7.37. The minimum atomic E-state index is -3.31. The van der Waals surface area contributed by atoms with Gasteiger partial charge in [-0.25, -0.2) is 8.42 Å². The van der Waals surface area contributed by atoms with Crippen molar-refractivity contribution in [1.29, 1.82) is 0 Å². The van der Waals surface area contributed by atoms with E-state index in [4.69, 9.17) is 4.74 Å². The minimum absolute atomic E-state index is 0.0421. The molecule has 0 aliphatic carbocycles. The van der Waals surface area contributed by atoms with Gasteiger partial charge in [0, 0.05) is 31.8 Å². The molecule has 1 amide bonds. The molecule has 0 spiro atoms. The van der Waals surface area contributed by atoms with Crippen molar-refractivity contribution in [3.05, 3.63) is 35.9 Å². The van der Waals surface area contributed by atoms with E-state index in [1.54, 1.807) is 24.3 Å². The van der Waals surface area contributed by atoms with Crippen LogP contribution in [0.4, 0.5) is 0 Å². The van der Waals surface area contributed by atoms with Crippen LogP contribution in [0.25, 0.3) is 0 Å². The molecule has 0 aromatic heterocycles. The van der Waals surface area contributed by atoms with Crippen LogP contribution in [-0.4, -0.2) is 57.2 Å². The monoisotopic (exact) mass is 326 g/mol. The summed E-state index contributed by atoms with van der Waals surface area (Å²) in [6.45, 7) is 1.55. The van der Waals surface area contributed by atoms with Gasteiger partial charge < -0.3 is 10.1 Å². The fourth-order valence-electron chi connectivity index (χ4n) is 2.39. The van der Waals surface area contributed by atoms with Gasteiger partial charge in [0.25, 0.3) is 5.91 Å². The quantitative estimate of drug-likeness (QED) is 0.806. The molecular formula is C15H22N2O4S. The summed E-state index contributed by atoms with van der Waals surface area (Å²) in [4.78, 5) is 11.9. The standard InChI is InChI=1S/C15H22N2O4S/c1-22(19,20)17(12-14-8-5-11-21-14)10-9-16-15(18)13-6-3-2-4-7-13/h2-4,6-7,14H,5,8-12H2,1H3,(H,16,18). The van der Waals surface area contributed by atoms with Gasteiger partial charge in [0.15, 0.2) is 0 Å². The maximum atomic E-state index is 11.9. The van der Waals surface area contributed by atoms with Crippen LogP contribution in [0, 0.1) is 0 Å². The van der Waals surface area contributed by atoms with E-state index in [-0.39, 0.29) is 25.1 Å². The number of rotatable bonds is 7. The van der Waals surface area contributed by atoms with Gasteiger partial charge in [-0.15, -0.1) is 0 Å². The Hall–Kier alpha value is -1.44. The molecule has 1 saturated heterocycles. The molecular weight excluding hydrogens is 304 g/mol. The van der Waals surface area contributed by atoms with Gasteiger partial charge in [-0.05, 0) is 25.0 Å². The number of carbonyl (C=O) groups excluding carboxylic acids is 1. The molecule has 1 aliphatic rings. The molecule has 122 valence electrons. The summed E-state index contributed by atoms with van der Waals surface area (Å²) in [5.41, 5.74) is 0.563. The van der Waals surface area contributed by atoms with Crippen molar-refractivity contribution in [2.45, 2.75) is 18.9 Å². The normalized spacial score (nSPS) is 18.5. The van der Waals surface area contributed by atoms with Gasteiger partial charge in [0.2, 0.25) is 10.0 Å². The van der Waals surface area contributed by atoms with E-state index in [1.807, 2.05) is 6.07 Å². The summed E-state index contributed by atoms with van der Waals surface area (Å²) in [5, 5.41) is 2.74. The molecule has 1 atom stereocenters. The summed E-state index contributed by atoms with van der Waals surface area (Å²) in [6.07, 6.45) is 2.98. The highest BCUT2D eigenvalue weighted by molar-refractivity contribution is 7.88. The summed E-state index contributed by atoms with van der Waals surface area (Å²) >= 11 is 0. The van der Waals surface area contributed by atoms with E-state index >= 15 is 0 Å². The first-order chi connectivity index (χ1) is 10.5. The number of nitrogens with one attached hydrogen (secondary N) is 1. The van der Waals surface area contributed by atoms with Crippen LogP contribution in [0.2, 0.25) is 0 Å². The highest BCUT2D eigenvalue weighted by atomic mass is 32.2. The molecule has 1 aliphatic heterocycles. The molecule has 1 fully saturated rings. The minimum Gasteiger partial charge on any atom is -0.377 e. The van der Waals surface area contributed by atoms with Gasteiger partial charge in [0.05, 0.1) is 12.4 Å². The van der Waals surface area contributed by atoms with Crippen LogP contribution in [0.1, 0.15) is 23.2 Å². The smallest absolute Gasteiger partial charge is 0.251 e. The van der Waals surface area contributed by atoms with Crippen LogP contribution in [-0.2, 0) is 14.8 Å². The SMILES string of the molecule is CS(=O)(=O)N(CCNC(=O)c1ccccc1)CC1CCCO1.